The van der Waals surface area contributed by atoms with Crippen LogP contribution in [0.5, 0.6) is 5.75 Å². The minimum absolute atomic E-state index is 0.0178. The van der Waals surface area contributed by atoms with Crippen molar-refractivity contribution in [3.8, 4) is 5.75 Å². The molecule has 0 heterocycles. The van der Waals surface area contributed by atoms with E-state index in [1.807, 2.05) is 0 Å². The minimum Gasteiger partial charge on any atom is -0.508 e. The Labute approximate surface area is 153 Å². The maximum absolute atomic E-state index is 11.8. The zero-order chi connectivity index (χ0) is 17.7. The number of esters is 1. The minimum atomic E-state index is -0.583. The van der Waals surface area contributed by atoms with Gasteiger partial charge in [-0.2, -0.15) is 0 Å². The monoisotopic (exact) mass is 387 g/mol. The molecule has 0 aromatic heterocycles. The number of benzene rings is 2. The van der Waals surface area contributed by atoms with Gasteiger partial charge in [-0.15, -0.1) is 0 Å². The van der Waals surface area contributed by atoms with Crippen LogP contribution in [0.15, 0.2) is 36.4 Å². The second-order valence-electron chi connectivity index (χ2n) is 4.80. The van der Waals surface area contributed by atoms with E-state index in [1.165, 1.54) is 24.3 Å². The van der Waals surface area contributed by atoms with E-state index in [9.17, 15) is 14.7 Å². The predicted molar refractivity (Wildman–Crippen MR) is 92.9 cm³/mol. The molecule has 24 heavy (non-hydrogen) atoms. The van der Waals surface area contributed by atoms with Gasteiger partial charge in [0.1, 0.15) is 5.75 Å². The number of rotatable bonds is 5. The number of halogens is 3. The highest BCUT2D eigenvalue weighted by molar-refractivity contribution is 6.42. The number of aromatic hydroxyl groups is 1. The van der Waals surface area contributed by atoms with Crippen molar-refractivity contribution in [2.75, 3.05) is 11.9 Å². The number of nitrogens with one attached hydrogen (secondary N) is 1. The molecule has 0 aliphatic heterocycles. The molecule has 2 aromatic rings. The Bertz CT molecular complexity index is 739. The van der Waals surface area contributed by atoms with Crippen LogP contribution >= 0.6 is 34.8 Å². The van der Waals surface area contributed by atoms with Crippen LogP contribution in [-0.4, -0.2) is 23.6 Å². The molecule has 0 aliphatic rings. The second kappa shape index (κ2) is 8.24. The summed E-state index contributed by atoms with van der Waals surface area (Å²) in [4.78, 5) is 23.5. The number of phenolic OH excluding ortho intramolecular Hbond substituents is 1. The highest BCUT2D eigenvalue weighted by atomic mass is 35.5. The van der Waals surface area contributed by atoms with Crippen molar-refractivity contribution >= 4 is 52.4 Å². The Hall–Kier alpha value is -1.95. The van der Waals surface area contributed by atoms with E-state index in [0.29, 0.717) is 10.6 Å². The van der Waals surface area contributed by atoms with Crippen molar-refractivity contribution in [1.29, 1.82) is 0 Å². The number of ether oxygens (including phenoxy) is 1. The van der Waals surface area contributed by atoms with Gasteiger partial charge in [0, 0.05) is 5.02 Å². The first kappa shape index (κ1) is 18.4. The molecule has 126 valence electrons. The van der Waals surface area contributed by atoms with Gasteiger partial charge in [0.2, 0.25) is 0 Å². The molecule has 2 N–H and O–H groups in total. The second-order valence-corrected chi connectivity index (χ2v) is 6.05. The number of hydrogen-bond acceptors (Lipinski definition) is 4. The van der Waals surface area contributed by atoms with Crippen LogP contribution in [0.25, 0.3) is 0 Å². The predicted octanol–water partition coefficient (Wildman–Crippen LogP) is 4.08. The molecule has 0 saturated heterocycles. The summed E-state index contributed by atoms with van der Waals surface area (Å²) in [5, 5.41) is 12.3. The zero-order valence-corrected chi connectivity index (χ0v) is 14.5. The molecule has 5 nitrogen and oxygen atoms in total. The first-order valence-corrected chi connectivity index (χ1v) is 7.86. The number of carbonyl (C=O) groups excluding carboxylic acids is 2. The summed E-state index contributed by atoms with van der Waals surface area (Å²) in [6, 6.07) is 8.95. The third-order valence-electron chi connectivity index (χ3n) is 2.92. The van der Waals surface area contributed by atoms with Gasteiger partial charge >= 0.3 is 5.97 Å². The first-order valence-electron chi connectivity index (χ1n) is 6.73. The molecule has 0 aliphatic carbocycles. The summed E-state index contributed by atoms with van der Waals surface area (Å²) in [5.74, 6) is -1.06. The fourth-order valence-electron chi connectivity index (χ4n) is 1.81. The van der Waals surface area contributed by atoms with Crippen LogP contribution in [0.4, 0.5) is 5.69 Å². The summed E-state index contributed by atoms with van der Waals surface area (Å²) in [5.41, 5.74) is 0.851. The molecule has 0 radical (unpaired) electrons. The lowest BCUT2D eigenvalue weighted by molar-refractivity contribution is -0.146. The van der Waals surface area contributed by atoms with Crippen LogP contribution < -0.4 is 5.32 Å². The Morgan fingerprint density at radius 2 is 1.62 bits per heavy atom. The Balaban J connectivity index is 1.87. The highest BCUT2D eigenvalue weighted by Crippen LogP contribution is 2.33. The molecular formula is C16H12Cl3NO4. The number of anilines is 1. The lowest BCUT2D eigenvalue weighted by Crippen LogP contribution is -2.22. The van der Waals surface area contributed by atoms with Gasteiger partial charge in [-0.25, -0.2) is 0 Å². The fraction of sp³-hybridized carbons (Fsp3) is 0.125. The van der Waals surface area contributed by atoms with E-state index in [2.05, 4.69) is 5.32 Å². The van der Waals surface area contributed by atoms with Crippen molar-refractivity contribution in [1.82, 2.24) is 0 Å². The normalized spacial score (nSPS) is 10.3. The molecule has 2 rings (SSSR count). The summed E-state index contributed by atoms with van der Waals surface area (Å²) in [7, 11) is 0. The van der Waals surface area contributed by atoms with Crippen molar-refractivity contribution in [3.05, 3.63) is 57.0 Å². The van der Waals surface area contributed by atoms with Crippen LogP contribution in [0.3, 0.4) is 0 Å². The number of amides is 1. The van der Waals surface area contributed by atoms with E-state index in [0.717, 1.165) is 0 Å². The van der Waals surface area contributed by atoms with Gasteiger partial charge in [0.25, 0.3) is 5.91 Å². The van der Waals surface area contributed by atoms with Gasteiger partial charge in [-0.3, -0.25) is 9.59 Å². The van der Waals surface area contributed by atoms with Crippen LogP contribution in [0.1, 0.15) is 5.56 Å². The summed E-state index contributed by atoms with van der Waals surface area (Å²) >= 11 is 17.7. The van der Waals surface area contributed by atoms with Crippen molar-refractivity contribution in [2.45, 2.75) is 6.42 Å². The van der Waals surface area contributed by atoms with Crippen molar-refractivity contribution < 1.29 is 19.4 Å². The smallest absolute Gasteiger partial charge is 0.310 e. The average Bonchev–Trinajstić information content (AvgIpc) is 2.51. The molecule has 2 aromatic carbocycles. The summed E-state index contributed by atoms with van der Waals surface area (Å²) in [6.07, 6.45) is -0.0178. The van der Waals surface area contributed by atoms with Gasteiger partial charge in [0.15, 0.2) is 6.61 Å². The average molecular weight is 389 g/mol. The summed E-state index contributed by atoms with van der Waals surface area (Å²) < 4.78 is 4.89. The number of carbonyl (C=O) groups is 2. The number of phenols is 1. The van der Waals surface area contributed by atoms with Crippen LogP contribution in [0, 0.1) is 0 Å². The molecule has 0 atom stereocenters. The van der Waals surface area contributed by atoms with E-state index in [4.69, 9.17) is 39.5 Å². The third-order valence-corrected chi connectivity index (χ3v) is 3.73. The molecule has 0 saturated carbocycles. The first-order chi connectivity index (χ1) is 11.3. The standard InChI is InChI=1S/C16H12Cl3NO4/c17-10-6-12(18)16(13(19)7-10)20-14(22)8-24-15(23)5-9-1-3-11(21)4-2-9/h1-4,6-7,21H,5,8H2,(H,20,22). The SMILES string of the molecule is O=C(COC(=O)Cc1ccc(O)cc1)Nc1c(Cl)cc(Cl)cc1Cl. The number of hydrogen-bond donors (Lipinski definition) is 2. The maximum Gasteiger partial charge on any atom is 0.310 e. The van der Waals surface area contributed by atoms with E-state index < -0.39 is 18.5 Å². The quantitative estimate of drug-likeness (QED) is 0.757. The third kappa shape index (κ3) is 5.30. The van der Waals surface area contributed by atoms with E-state index in [1.54, 1.807) is 12.1 Å². The van der Waals surface area contributed by atoms with Gasteiger partial charge in [0.05, 0.1) is 22.2 Å². The molecule has 0 bridgehead atoms. The van der Waals surface area contributed by atoms with Crippen LogP contribution in [0.2, 0.25) is 15.1 Å². The lowest BCUT2D eigenvalue weighted by atomic mass is 10.1. The van der Waals surface area contributed by atoms with E-state index in [-0.39, 0.29) is 27.9 Å². The van der Waals surface area contributed by atoms with Crippen molar-refractivity contribution in [3.63, 3.8) is 0 Å². The Morgan fingerprint density at radius 1 is 1.04 bits per heavy atom. The molecule has 8 heteroatoms. The van der Waals surface area contributed by atoms with Gasteiger partial charge < -0.3 is 15.2 Å². The zero-order valence-electron chi connectivity index (χ0n) is 12.2. The van der Waals surface area contributed by atoms with Crippen molar-refractivity contribution in [2.24, 2.45) is 0 Å². The van der Waals surface area contributed by atoms with Gasteiger partial charge in [-0.1, -0.05) is 46.9 Å². The largest absolute Gasteiger partial charge is 0.508 e. The maximum atomic E-state index is 11.8. The Kier molecular flexibility index (Phi) is 6.31. The van der Waals surface area contributed by atoms with Crippen LogP contribution in [-0.2, 0) is 20.7 Å². The fourth-order valence-corrected chi connectivity index (χ4v) is 2.73. The topological polar surface area (TPSA) is 75.6 Å². The van der Waals surface area contributed by atoms with E-state index >= 15 is 0 Å². The lowest BCUT2D eigenvalue weighted by Gasteiger charge is -2.10. The highest BCUT2D eigenvalue weighted by Gasteiger charge is 2.13. The molecule has 1 amide bonds. The molecule has 0 fully saturated rings. The van der Waals surface area contributed by atoms with Gasteiger partial charge in [-0.05, 0) is 29.8 Å². The molecule has 0 spiro atoms. The molecule has 0 unspecified atom stereocenters. The molecular weight excluding hydrogens is 377 g/mol. The summed E-state index contributed by atoms with van der Waals surface area (Å²) in [6.45, 7) is -0.480. The Morgan fingerprint density at radius 3 is 2.21 bits per heavy atom.